The fraction of sp³-hybridized carbons (Fsp3) is 0.417. The smallest absolute Gasteiger partial charge is 0.182 e. The summed E-state index contributed by atoms with van der Waals surface area (Å²) in [6.45, 7) is 0.880. The summed E-state index contributed by atoms with van der Waals surface area (Å²) < 4.78 is 1.85. The quantitative estimate of drug-likeness (QED) is 0.863. The van der Waals surface area contributed by atoms with Gasteiger partial charge in [0, 0.05) is 12.1 Å². The van der Waals surface area contributed by atoms with E-state index >= 15 is 0 Å². The Morgan fingerprint density at radius 2 is 2.22 bits per heavy atom. The summed E-state index contributed by atoms with van der Waals surface area (Å²) in [5.74, 6) is 1.46. The van der Waals surface area contributed by atoms with Crippen LogP contribution in [0.3, 0.4) is 0 Å². The largest absolute Gasteiger partial charge is 0.398 e. The average molecular weight is 264 g/mol. The Labute approximate surface area is 110 Å². The molecule has 0 atom stereocenters. The number of nitrogens with two attached hydrogens (primary N) is 1. The van der Waals surface area contributed by atoms with E-state index in [-0.39, 0.29) is 0 Å². The zero-order valence-corrected chi connectivity index (χ0v) is 10.6. The summed E-state index contributed by atoms with van der Waals surface area (Å²) >= 11 is 5.91. The van der Waals surface area contributed by atoms with Crippen LogP contribution in [0.1, 0.15) is 19.3 Å². The van der Waals surface area contributed by atoms with Gasteiger partial charge in [0.25, 0.3) is 0 Å². The van der Waals surface area contributed by atoms with Crippen LogP contribution >= 0.6 is 11.6 Å². The zero-order chi connectivity index (χ0) is 12.5. The predicted octanol–water partition coefficient (Wildman–Crippen LogP) is 2.38. The Balaban J connectivity index is 1.90. The molecule has 0 spiro atoms. The summed E-state index contributed by atoms with van der Waals surface area (Å²) in [6.07, 6.45) is 3.85. The number of tetrazole rings is 1. The first kappa shape index (κ1) is 11.5. The molecular formula is C12H14ClN5. The Kier molecular flexibility index (Phi) is 2.91. The summed E-state index contributed by atoms with van der Waals surface area (Å²) in [5, 5.41) is 12.4. The number of rotatable bonds is 3. The first-order valence-corrected chi connectivity index (χ1v) is 6.43. The van der Waals surface area contributed by atoms with E-state index in [1.54, 1.807) is 6.07 Å². The Hall–Kier alpha value is -1.62. The van der Waals surface area contributed by atoms with Gasteiger partial charge in [-0.25, -0.2) is 4.68 Å². The molecule has 2 N–H and O–H groups in total. The molecule has 0 unspecified atom stereocenters. The molecule has 1 aliphatic carbocycles. The number of nitrogen functional groups attached to an aromatic ring is 1. The normalized spacial score (nSPS) is 15.6. The average Bonchev–Trinajstić information content (AvgIpc) is 2.75. The highest BCUT2D eigenvalue weighted by Gasteiger charge is 2.20. The molecule has 3 rings (SSSR count). The summed E-state index contributed by atoms with van der Waals surface area (Å²) in [6, 6.07) is 5.47. The van der Waals surface area contributed by atoms with Gasteiger partial charge in [-0.15, -0.1) is 5.10 Å². The zero-order valence-electron chi connectivity index (χ0n) is 9.88. The van der Waals surface area contributed by atoms with Crippen LogP contribution in [0.25, 0.3) is 11.4 Å². The van der Waals surface area contributed by atoms with Gasteiger partial charge in [0.2, 0.25) is 0 Å². The highest BCUT2D eigenvalue weighted by molar-refractivity contribution is 6.33. The van der Waals surface area contributed by atoms with Gasteiger partial charge in [0.1, 0.15) is 0 Å². The van der Waals surface area contributed by atoms with Crippen molar-refractivity contribution in [2.75, 3.05) is 5.73 Å². The van der Waals surface area contributed by atoms with E-state index in [9.17, 15) is 0 Å². The monoisotopic (exact) mass is 263 g/mol. The van der Waals surface area contributed by atoms with Crippen molar-refractivity contribution in [1.29, 1.82) is 0 Å². The first-order valence-electron chi connectivity index (χ1n) is 6.05. The third-order valence-electron chi connectivity index (χ3n) is 3.44. The number of hydrogen-bond donors (Lipinski definition) is 1. The van der Waals surface area contributed by atoms with Crippen LogP contribution in [0.15, 0.2) is 18.2 Å². The number of aromatic nitrogens is 4. The third-order valence-corrected chi connectivity index (χ3v) is 3.79. The first-order chi connectivity index (χ1) is 8.74. The molecule has 1 aliphatic rings. The fourth-order valence-corrected chi connectivity index (χ4v) is 2.25. The molecule has 0 saturated heterocycles. The predicted molar refractivity (Wildman–Crippen MR) is 70.0 cm³/mol. The van der Waals surface area contributed by atoms with Crippen LogP contribution in [0, 0.1) is 5.92 Å². The van der Waals surface area contributed by atoms with Gasteiger partial charge in [-0.2, -0.15) is 0 Å². The minimum absolute atomic E-state index is 0.548. The SMILES string of the molecule is Nc1cc(-c2nnnn2CC2CCC2)ccc1Cl. The van der Waals surface area contributed by atoms with Crippen LogP contribution in [0.5, 0.6) is 0 Å². The molecule has 0 amide bonds. The van der Waals surface area contributed by atoms with Crippen molar-refractivity contribution in [2.24, 2.45) is 5.92 Å². The van der Waals surface area contributed by atoms with Crippen molar-refractivity contribution < 1.29 is 0 Å². The lowest BCUT2D eigenvalue weighted by atomic mass is 9.85. The van der Waals surface area contributed by atoms with Crippen molar-refractivity contribution in [3.63, 3.8) is 0 Å². The van der Waals surface area contributed by atoms with Gasteiger partial charge in [0.15, 0.2) is 5.82 Å². The number of nitrogens with zero attached hydrogens (tertiary/aromatic N) is 4. The van der Waals surface area contributed by atoms with E-state index in [0.717, 1.165) is 17.9 Å². The van der Waals surface area contributed by atoms with Gasteiger partial charge in [-0.05, 0) is 47.4 Å². The highest BCUT2D eigenvalue weighted by Crippen LogP contribution is 2.30. The molecule has 0 aliphatic heterocycles. The highest BCUT2D eigenvalue weighted by atomic mass is 35.5. The van der Waals surface area contributed by atoms with E-state index in [2.05, 4.69) is 15.5 Å². The molecule has 1 aromatic carbocycles. The Bertz CT molecular complexity index is 561. The van der Waals surface area contributed by atoms with Crippen molar-refractivity contribution in [3.05, 3.63) is 23.2 Å². The standard InChI is InChI=1S/C12H14ClN5/c13-10-5-4-9(6-11(10)14)12-15-16-17-18(12)7-8-2-1-3-8/h4-6,8H,1-3,7,14H2. The summed E-state index contributed by atoms with van der Waals surface area (Å²) in [4.78, 5) is 0. The fourth-order valence-electron chi connectivity index (χ4n) is 2.14. The molecular weight excluding hydrogens is 250 g/mol. The van der Waals surface area contributed by atoms with Gasteiger partial charge >= 0.3 is 0 Å². The van der Waals surface area contributed by atoms with Crippen LogP contribution < -0.4 is 5.73 Å². The summed E-state index contributed by atoms with van der Waals surface area (Å²) in [7, 11) is 0. The van der Waals surface area contributed by atoms with E-state index < -0.39 is 0 Å². The molecule has 1 heterocycles. The van der Waals surface area contributed by atoms with Crippen LogP contribution in [0.4, 0.5) is 5.69 Å². The van der Waals surface area contributed by atoms with E-state index in [0.29, 0.717) is 16.6 Å². The molecule has 1 aromatic heterocycles. The lowest BCUT2D eigenvalue weighted by Gasteiger charge is -2.25. The molecule has 0 bridgehead atoms. The van der Waals surface area contributed by atoms with Gasteiger partial charge in [-0.1, -0.05) is 18.0 Å². The second-order valence-corrected chi connectivity index (χ2v) is 5.13. The maximum atomic E-state index is 5.91. The van der Waals surface area contributed by atoms with Crippen LogP contribution in [-0.2, 0) is 6.54 Å². The molecule has 1 fully saturated rings. The second-order valence-electron chi connectivity index (χ2n) is 4.72. The van der Waals surface area contributed by atoms with Gasteiger partial charge < -0.3 is 5.73 Å². The molecule has 2 aromatic rings. The molecule has 94 valence electrons. The number of halogens is 1. The Morgan fingerprint density at radius 1 is 1.39 bits per heavy atom. The van der Waals surface area contributed by atoms with Crippen molar-refractivity contribution in [1.82, 2.24) is 20.2 Å². The van der Waals surface area contributed by atoms with Gasteiger partial charge in [-0.3, -0.25) is 0 Å². The van der Waals surface area contributed by atoms with Crippen molar-refractivity contribution in [3.8, 4) is 11.4 Å². The van der Waals surface area contributed by atoms with Crippen molar-refractivity contribution >= 4 is 17.3 Å². The van der Waals surface area contributed by atoms with Crippen LogP contribution in [0.2, 0.25) is 5.02 Å². The van der Waals surface area contributed by atoms with Crippen LogP contribution in [-0.4, -0.2) is 20.2 Å². The Morgan fingerprint density at radius 3 is 2.89 bits per heavy atom. The molecule has 0 radical (unpaired) electrons. The minimum Gasteiger partial charge on any atom is -0.398 e. The molecule has 6 heteroatoms. The van der Waals surface area contributed by atoms with Crippen molar-refractivity contribution in [2.45, 2.75) is 25.8 Å². The summed E-state index contributed by atoms with van der Waals surface area (Å²) in [5.41, 5.74) is 7.26. The third kappa shape index (κ3) is 2.06. The van der Waals surface area contributed by atoms with Gasteiger partial charge in [0.05, 0.1) is 10.7 Å². The molecule has 1 saturated carbocycles. The van der Waals surface area contributed by atoms with E-state index in [1.165, 1.54) is 19.3 Å². The molecule has 5 nitrogen and oxygen atoms in total. The number of benzene rings is 1. The lowest BCUT2D eigenvalue weighted by Crippen LogP contribution is -2.19. The van der Waals surface area contributed by atoms with E-state index in [1.807, 2.05) is 16.8 Å². The maximum Gasteiger partial charge on any atom is 0.182 e. The molecule has 18 heavy (non-hydrogen) atoms. The number of anilines is 1. The topological polar surface area (TPSA) is 69.6 Å². The lowest BCUT2D eigenvalue weighted by molar-refractivity contribution is 0.265. The maximum absolute atomic E-state index is 5.91. The second kappa shape index (κ2) is 4.57. The minimum atomic E-state index is 0.548. The number of hydrogen-bond acceptors (Lipinski definition) is 4. The van der Waals surface area contributed by atoms with E-state index in [4.69, 9.17) is 17.3 Å².